The minimum Gasteiger partial charge on any atom is -0.494 e. The van der Waals surface area contributed by atoms with Crippen molar-refractivity contribution >= 4 is 28.0 Å². The molecule has 1 aliphatic rings. The third-order valence-electron chi connectivity index (χ3n) is 5.28. The maximum atomic E-state index is 12.0. The molecule has 29 heavy (non-hydrogen) atoms. The van der Waals surface area contributed by atoms with Gasteiger partial charge in [-0.15, -0.1) is 0 Å². The van der Waals surface area contributed by atoms with Gasteiger partial charge in [-0.3, -0.25) is 9.78 Å². The lowest BCUT2D eigenvalue weighted by Gasteiger charge is -2.26. The van der Waals surface area contributed by atoms with Gasteiger partial charge in [-0.2, -0.15) is 0 Å². The molecule has 3 aromatic rings. The Morgan fingerprint density at radius 3 is 2.90 bits per heavy atom. The second kappa shape index (κ2) is 9.09. The first-order valence-corrected chi connectivity index (χ1v) is 10.3. The number of nitrogens with zero attached hydrogens (tertiary/aromatic N) is 2. The van der Waals surface area contributed by atoms with Crippen molar-refractivity contribution in [3.8, 4) is 5.75 Å². The fourth-order valence-corrected chi connectivity index (χ4v) is 3.74. The van der Waals surface area contributed by atoms with Crippen molar-refractivity contribution in [2.45, 2.75) is 32.1 Å². The van der Waals surface area contributed by atoms with Crippen LogP contribution in [0.4, 0.5) is 0 Å². The molecule has 1 amide bonds. The maximum Gasteiger partial charge on any atom is 0.325 e. The molecular weight excluding hydrogens is 370 g/mol. The van der Waals surface area contributed by atoms with Crippen LogP contribution in [0.25, 0.3) is 22.1 Å². The highest BCUT2D eigenvalue weighted by Crippen LogP contribution is 2.22. The SMILES string of the molecule is O=C(CCCOc1ccc2nc3[nH]c(=O)[nH]c3cc2c1)NCCN1CCCCC1. The van der Waals surface area contributed by atoms with Crippen LogP contribution in [0.5, 0.6) is 5.75 Å². The van der Waals surface area contributed by atoms with Crippen LogP contribution in [-0.4, -0.2) is 58.5 Å². The molecule has 1 aliphatic heterocycles. The van der Waals surface area contributed by atoms with E-state index in [-0.39, 0.29) is 11.6 Å². The van der Waals surface area contributed by atoms with E-state index in [1.807, 2.05) is 24.3 Å². The molecule has 0 unspecified atom stereocenters. The third kappa shape index (κ3) is 5.14. The van der Waals surface area contributed by atoms with Crippen molar-refractivity contribution in [3.63, 3.8) is 0 Å². The topological polar surface area (TPSA) is 103 Å². The maximum absolute atomic E-state index is 12.0. The standard InChI is InChI=1S/C21H27N5O3/c27-19(22-8-11-26-9-2-1-3-10-26)5-4-12-29-16-6-7-17-15(13-16)14-18-20(23-17)25-21(28)24-18/h6-7,13-14H,1-5,8-12H2,(H,22,27)(H2,23,24,25,28). The number of hydrogen-bond donors (Lipinski definition) is 3. The summed E-state index contributed by atoms with van der Waals surface area (Å²) in [4.78, 5) is 35.6. The van der Waals surface area contributed by atoms with Gasteiger partial charge < -0.3 is 19.9 Å². The molecule has 8 heteroatoms. The normalized spacial score (nSPS) is 15.0. The predicted octanol–water partition coefficient (Wildman–Crippen LogP) is 2.17. The minimum absolute atomic E-state index is 0.0760. The summed E-state index contributed by atoms with van der Waals surface area (Å²) in [5, 5.41) is 3.88. The van der Waals surface area contributed by atoms with Crippen LogP contribution in [0.2, 0.25) is 0 Å². The molecule has 0 radical (unpaired) electrons. The van der Waals surface area contributed by atoms with Gasteiger partial charge in [0.15, 0.2) is 5.65 Å². The van der Waals surface area contributed by atoms with Crippen LogP contribution in [0.15, 0.2) is 29.1 Å². The monoisotopic (exact) mass is 397 g/mol. The molecule has 0 spiro atoms. The number of H-pyrrole nitrogens is 2. The number of amides is 1. The largest absolute Gasteiger partial charge is 0.494 e. The number of carbonyl (C=O) groups is 1. The second-order valence-corrected chi connectivity index (χ2v) is 7.52. The van der Waals surface area contributed by atoms with Gasteiger partial charge in [0.25, 0.3) is 0 Å². The summed E-state index contributed by atoms with van der Waals surface area (Å²) in [5.74, 6) is 0.800. The Hall–Kier alpha value is -2.87. The lowest BCUT2D eigenvalue weighted by atomic mass is 10.1. The minimum atomic E-state index is -0.270. The molecule has 1 aromatic carbocycles. The van der Waals surface area contributed by atoms with Crippen molar-refractivity contribution in [2.24, 2.45) is 0 Å². The van der Waals surface area contributed by atoms with Crippen molar-refractivity contribution in [2.75, 3.05) is 32.8 Å². The van der Waals surface area contributed by atoms with Crippen molar-refractivity contribution in [1.29, 1.82) is 0 Å². The molecule has 3 N–H and O–H groups in total. The van der Waals surface area contributed by atoms with Crippen LogP contribution < -0.4 is 15.7 Å². The Morgan fingerprint density at radius 1 is 1.17 bits per heavy atom. The predicted molar refractivity (Wildman–Crippen MR) is 112 cm³/mol. The fourth-order valence-electron chi connectivity index (χ4n) is 3.74. The van der Waals surface area contributed by atoms with Crippen LogP contribution >= 0.6 is 0 Å². The van der Waals surface area contributed by atoms with E-state index < -0.39 is 0 Å². The number of benzene rings is 1. The highest BCUT2D eigenvalue weighted by molar-refractivity contribution is 5.89. The molecule has 4 rings (SSSR count). The van der Waals surface area contributed by atoms with E-state index in [2.05, 4.69) is 25.2 Å². The molecule has 154 valence electrons. The number of carbonyl (C=O) groups excluding carboxylic acids is 1. The number of likely N-dealkylation sites (tertiary alicyclic amines) is 1. The zero-order valence-electron chi connectivity index (χ0n) is 16.5. The molecule has 1 fully saturated rings. The molecule has 1 saturated heterocycles. The molecule has 3 heterocycles. The summed E-state index contributed by atoms with van der Waals surface area (Å²) in [6.07, 6.45) is 4.98. The van der Waals surface area contributed by atoms with Crippen LogP contribution in [-0.2, 0) is 4.79 Å². The van der Waals surface area contributed by atoms with Gasteiger partial charge in [-0.1, -0.05) is 6.42 Å². The Balaban J connectivity index is 1.20. The average molecular weight is 397 g/mol. The molecule has 0 aliphatic carbocycles. The van der Waals surface area contributed by atoms with Crippen LogP contribution in [0.1, 0.15) is 32.1 Å². The zero-order chi connectivity index (χ0) is 20.1. The smallest absolute Gasteiger partial charge is 0.325 e. The van der Waals surface area contributed by atoms with Crippen molar-refractivity contribution in [1.82, 2.24) is 25.2 Å². The Morgan fingerprint density at radius 2 is 2.03 bits per heavy atom. The number of fused-ring (bicyclic) bond motifs is 2. The Labute approximate surface area is 168 Å². The molecular formula is C21H27N5O3. The number of ether oxygens (including phenoxy) is 1. The lowest BCUT2D eigenvalue weighted by Crippen LogP contribution is -2.37. The Bertz CT molecular complexity index is 1040. The first kappa shape index (κ1) is 19.4. The van der Waals surface area contributed by atoms with Gasteiger partial charge in [0.1, 0.15) is 5.75 Å². The lowest BCUT2D eigenvalue weighted by molar-refractivity contribution is -0.121. The highest BCUT2D eigenvalue weighted by Gasteiger charge is 2.10. The number of piperidine rings is 1. The molecule has 2 aromatic heterocycles. The number of nitrogens with one attached hydrogen (secondary N) is 3. The van der Waals surface area contributed by atoms with Crippen LogP contribution in [0, 0.1) is 0 Å². The van der Waals surface area contributed by atoms with Crippen molar-refractivity contribution in [3.05, 3.63) is 34.7 Å². The highest BCUT2D eigenvalue weighted by atomic mass is 16.5. The van der Waals surface area contributed by atoms with Crippen LogP contribution in [0.3, 0.4) is 0 Å². The summed E-state index contributed by atoms with van der Waals surface area (Å²) in [6, 6.07) is 7.48. The second-order valence-electron chi connectivity index (χ2n) is 7.52. The van der Waals surface area contributed by atoms with Gasteiger partial charge in [-0.25, -0.2) is 9.78 Å². The van der Waals surface area contributed by atoms with Gasteiger partial charge in [0, 0.05) is 24.9 Å². The van der Waals surface area contributed by atoms with E-state index in [9.17, 15) is 9.59 Å². The number of pyridine rings is 1. The zero-order valence-corrected chi connectivity index (χ0v) is 16.5. The van der Waals surface area contributed by atoms with Gasteiger partial charge in [-0.05, 0) is 56.6 Å². The number of aromatic amines is 2. The van der Waals surface area contributed by atoms with E-state index in [0.717, 1.165) is 36.3 Å². The number of rotatable bonds is 8. The number of aromatic nitrogens is 3. The fraction of sp³-hybridized carbons (Fsp3) is 0.476. The molecule has 0 atom stereocenters. The quantitative estimate of drug-likeness (QED) is 0.506. The van der Waals surface area contributed by atoms with Gasteiger partial charge in [0.05, 0.1) is 17.6 Å². The number of imidazole rings is 1. The number of hydrogen-bond acceptors (Lipinski definition) is 5. The van der Waals surface area contributed by atoms with E-state index in [1.165, 1.54) is 19.3 Å². The summed E-state index contributed by atoms with van der Waals surface area (Å²) in [7, 11) is 0. The van der Waals surface area contributed by atoms with E-state index in [4.69, 9.17) is 4.74 Å². The molecule has 0 bridgehead atoms. The first-order valence-electron chi connectivity index (χ1n) is 10.3. The van der Waals surface area contributed by atoms with E-state index in [0.29, 0.717) is 37.2 Å². The van der Waals surface area contributed by atoms with E-state index in [1.54, 1.807) is 0 Å². The van der Waals surface area contributed by atoms with Gasteiger partial charge in [0.2, 0.25) is 5.91 Å². The Kier molecular flexibility index (Phi) is 6.09. The van der Waals surface area contributed by atoms with E-state index >= 15 is 0 Å². The summed E-state index contributed by atoms with van der Waals surface area (Å²) in [6.45, 7) is 4.43. The van der Waals surface area contributed by atoms with Crippen molar-refractivity contribution < 1.29 is 9.53 Å². The molecule has 8 nitrogen and oxygen atoms in total. The van der Waals surface area contributed by atoms with Gasteiger partial charge >= 0.3 is 5.69 Å². The summed E-state index contributed by atoms with van der Waals surface area (Å²) < 4.78 is 5.79. The summed E-state index contributed by atoms with van der Waals surface area (Å²) >= 11 is 0. The first-order chi connectivity index (χ1) is 14.2. The summed E-state index contributed by atoms with van der Waals surface area (Å²) in [5.41, 5.74) is 1.73. The third-order valence-corrected chi connectivity index (χ3v) is 5.28. The average Bonchev–Trinajstić information content (AvgIpc) is 3.09. The molecule has 0 saturated carbocycles.